The molecule has 8 heteroatoms. The van der Waals surface area contributed by atoms with Gasteiger partial charge in [0.05, 0.1) is 28.6 Å². The van der Waals surface area contributed by atoms with Crippen LogP contribution in [0.3, 0.4) is 0 Å². The van der Waals surface area contributed by atoms with Crippen molar-refractivity contribution in [3.63, 3.8) is 0 Å². The predicted octanol–water partition coefficient (Wildman–Crippen LogP) is 5.93. The molecule has 5 aromatic rings. The van der Waals surface area contributed by atoms with Crippen molar-refractivity contribution < 1.29 is 5.11 Å². The Balaban J connectivity index is 1.34. The fourth-order valence-corrected chi connectivity index (χ4v) is 5.27. The lowest BCUT2D eigenvalue weighted by atomic mass is 10.0. The van der Waals surface area contributed by atoms with Crippen LogP contribution in [0.15, 0.2) is 54.9 Å². The number of hydrogen-bond donors (Lipinski definition) is 4. The van der Waals surface area contributed by atoms with Gasteiger partial charge in [-0.1, -0.05) is 26.0 Å². The maximum atomic E-state index is 10.3. The SMILES string of the molecule is CC(C)CC(O)Nc1cncc(-c2ccc3[nH]nc(-c4nc5c(N6CCCCC6)cccc5[nH]4)c3c2)c1. The third kappa shape index (κ3) is 4.76. The number of pyridine rings is 1. The first-order valence-corrected chi connectivity index (χ1v) is 13.2. The molecule has 2 aromatic carbocycles. The van der Waals surface area contributed by atoms with E-state index in [2.05, 4.69) is 74.6 Å². The number of hydrogen-bond acceptors (Lipinski definition) is 6. The lowest BCUT2D eigenvalue weighted by molar-refractivity contribution is 0.176. The summed E-state index contributed by atoms with van der Waals surface area (Å²) in [6.45, 7) is 6.33. The molecule has 0 radical (unpaired) electrons. The Kier molecular flexibility index (Phi) is 6.26. The molecule has 190 valence electrons. The first kappa shape index (κ1) is 23.5. The number of H-pyrrole nitrogens is 2. The van der Waals surface area contributed by atoms with Crippen molar-refractivity contribution in [2.75, 3.05) is 23.3 Å². The Morgan fingerprint density at radius 2 is 1.86 bits per heavy atom. The van der Waals surface area contributed by atoms with Crippen LogP contribution in [0, 0.1) is 5.92 Å². The van der Waals surface area contributed by atoms with Gasteiger partial charge in [0.1, 0.15) is 17.4 Å². The summed E-state index contributed by atoms with van der Waals surface area (Å²) in [5.74, 6) is 1.16. The fraction of sp³-hybridized carbons (Fsp3) is 0.345. The topological polar surface area (TPSA) is 106 Å². The van der Waals surface area contributed by atoms with Gasteiger partial charge >= 0.3 is 0 Å². The van der Waals surface area contributed by atoms with Crippen LogP contribution in [-0.2, 0) is 0 Å². The molecule has 8 nitrogen and oxygen atoms in total. The molecular weight excluding hydrogens is 462 g/mol. The third-order valence-electron chi connectivity index (χ3n) is 7.07. The molecule has 4 N–H and O–H groups in total. The lowest BCUT2D eigenvalue weighted by Gasteiger charge is -2.28. The molecule has 0 aliphatic carbocycles. The van der Waals surface area contributed by atoms with Crippen LogP contribution < -0.4 is 10.2 Å². The Bertz CT molecular complexity index is 1530. The third-order valence-corrected chi connectivity index (χ3v) is 7.07. The number of fused-ring (bicyclic) bond motifs is 2. The van der Waals surface area contributed by atoms with E-state index < -0.39 is 6.23 Å². The molecule has 0 amide bonds. The van der Waals surface area contributed by atoms with E-state index in [0.717, 1.165) is 63.4 Å². The average Bonchev–Trinajstić information content (AvgIpc) is 3.52. The molecule has 37 heavy (non-hydrogen) atoms. The second-order valence-corrected chi connectivity index (χ2v) is 10.4. The van der Waals surface area contributed by atoms with E-state index in [4.69, 9.17) is 4.98 Å². The van der Waals surface area contributed by atoms with Crippen molar-refractivity contribution in [1.29, 1.82) is 0 Å². The zero-order chi connectivity index (χ0) is 25.4. The van der Waals surface area contributed by atoms with E-state index in [1.807, 2.05) is 18.3 Å². The largest absolute Gasteiger partial charge is 0.374 e. The maximum Gasteiger partial charge on any atom is 0.159 e. The van der Waals surface area contributed by atoms with Gasteiger partial charge in [-0.05, 0) is 67.5 Å². The van der Waals surface area contributed by atoms with E-state index in [-0.39, 0.29) is 0 Å². The van der Waals surface area contributed by atoms with Gasteiger partial charge < -0.3 is 20.3 Å². The summed E-state index contributed by atoms with van der Waals surface area (Å²) in [6, 6.07) is 14.6. The number of aromatic amines is 2. The number of aliphatic hydroxyl groups excluding tert-OH is 1. The molecule has 6 rings (SSSR count). The Labute approximate surface area is 216 Å². The molecule has 0 bridgehead atoms. The molecule has 1 aliphatic heterocycles. The summed E-state index contributed by atoms with van der Waals surface area (Å²) >= 11 is 0. The first-order chi connectivity index (χ1) is 18.0. The van der Waals surface area contributed by atoms with Gasteiger partial charge in [-0.3, -0.25) is 10.1 Å². The number of imidazole rings is 1. The van der Waals surface area contributed by atoms with Crippen LogP contribution >= 0.6 is 0 Å². The van der Waals surface area contributed by atoms with Crippen molar-refractivity contribution in [2.45, 2.75) is 45.8 Å². The van der Waals surface area contributed by atoms with E-state index in [1.165, 1.54) is 24.9 Å². The summed E-state index contributed by atoms with van der Waals surface area (Å²) in [5.41, 5.74) is 7.73. The maximum absolute atomic E-state index is 10.3. The van der Waals surface area contributed by atoms with Gasteiger partial charge in [0.2, 0.25) is 0 Å². The quantitative estimate of drug-likeness (QED) is 0.208. The number of nitrogens with zero attached hydrogens (tertiary/aromatic N) is 4. The first-order valence-electron chi connectivity index (χ1n) is 13.2. The van der Waals surface area contributed by atoms with Crippen molar-refractivity contribution in [3.8, 4) is 22.6 Å². The van der Waals surface area contributed by atoms with Gasteiger partial charge in [-0.2, -0.15) is 5.10 Å². The monoisotopic (exact) mass is 495 g/mol. The molecule has 4 heterocycles. The zero-order valence-corrected chi connectivity index (χ0v) is 21.3. The molecular formula is C29H33N7O. The number of aromatic nitrogens is 5. The van der Waals surface area contributed by atoms with E-state index in [0.29, 0.717) is 12.3 Å². The lowest BCUT2D eigenvalue weighted by Crippen LogP contribution is -2.29. The van der Waals surface area contributed by atoms with Crippen molar-refractivity contribution >= 4 is 33.3 Å². The number of piperidine rings is 1. The minimum atomic E-state index is -0.608. The minimum Gasteiger partial charge on any atom is -0.374 e. The molecule has 0 spiro atoms. The summed E-state index contributed by atoms with van der Waals surface area (Å²) in [5, 5.41) is 22.2. The standard InChI is InChI=1S/C29H33N7O/c1-18(2)13-26(37)31-21-14-20(16-30-17-21)19-9-10-23-22(15-19)27(35-34-23)29-32-24-7-6-8-25(28(24)33-29)36-11-4-3-5-12-36/h6-10,14-18,26,31,37H,3-5,11-13H2,1-2H3,(H,32,33)(H,34,35). The Hall–Kier alpha value is -3.91. The molecule has 1 aliphatic rings. The number of para-hydroxylation sites is 1. The highest BCUT2D eigenvalue weighted by Gasteiger charge is 2.19. The smallest absolute Gasteiger partial charge is 0.159 e. The predicted molar refractivity (Wildman–Crippen MR) is 150 cm³/mol. The second kappa shape index (κ2) is 9.86. The number of anilines is 2. The molecule has 1 atom stereocenters. The van der Waals surface area contributed by atoms with Crippen LogP contribution in [0.4, 0.5) is 11.4 Å². The number of benzene rings is 2. The average molecular weight is 496 g/mol. The molecule has 1 unspecified atom stereocenters. The van der Waals surface area contributed by atoms with Crippen LogP contribution in [0.1, 0.15) is 39.5 Å². The van der Waals surface area contributed by atoms with Gasteiger partial charge in [0.15, 0.2) is 5.82 Å². The van der Waals surface area contributed by atoms with Crippen molar-refractivity contribution in [2.24, 2.45) is 5.92 Å². The highest BCUT2D eigenvalue weighted by molar-refractivity contribution is 5.97. The van der Waals surface area contributed by atoms with Gasteiger partial charge in [-0.15, -0.1) is 0 Å². The summed E-state index contributed by atoms with van der Waals surface area (Å²) in [7, 11) is 0. The highest BCUT2D eigenvalue weighted by Crippen LogP contribution is 2.33. The molecule has 1 saturated heterocycles. The fourth-order valence-electron chi connectivity index (χ4n) is 5.27. The number of nitrogens with one attached hydrogen (secondary N) is 3. The van der Waals surface area contributed by atoms with Crippen LogP contribution in [0.2, 0.25) is 0 Å². The normalized spacial score (nSPS) is 15.1. The van der Waals surface area contributed by atoms with Crippen molar-refractivity contribution in [3.05, 3.63) is 54.9 Å². The van der Waals surface area contributed by atoms with Crippen LogP contribution in [0.25, 0.3) is 44.6 Å². The Morgan fingerprint density at radius 3 is 2.70 bits per heavy atom. The highest BCUT2D eigenvalue weighted by atomic mass is 16.3. The van der Waals surface area contributed by atoms with Gasteiger partial charge in [-0.25, -0.2) is 4.98 Å². The summed E-state index contributed by atoms with van der Waals surface area (Å²) in [6.07, 6.45) is 7.39. The van der Waals surface area contributed by atoms with Gasteiger partial charge in [0.25, 0.3) is 0 Å². The van der Waals surface area contributed by atoms with E-state index in [9.17, 15) is 5.11 Å². The van der Waals surface area contributed by atoms with E-state index >= 15 is 0 Å². The summed E-state index contributed by atoms with van der Waals surface area (Å²) < 4.78 is 0. The molecule has 0 saturated carbocycles. The second-order valence-electron chi connectivity index (χ2n) is 10.4. The minimum absolute atomic E-state index is 0.398. The molecule has 1 fully saturated rings. The number of aliphatic hydroxyl groups is 1. The van der Waals surface area contributed by atoms with Crippen LogP contribution in [-0.4, -0.2) is 49.6 Å². The molecule has 3 aromatic heterocycles. The summed E-state index contributed by atoms with van der Waals surface area (Å²) in [4.78, 5) is 15.4. The number of rotatable bonds is 7. The van der Waals surface area contributed by atoms with Crippen LogP contribution in [0.5, 0.6) is 0 Å². The zero-order valence-electron chi connectivity index (χ0n) is 21.3. The van der Waals surface area contributed by atoms with Gasteiger partial charge in [0, 0.05) is 30.2 Å². The van der Waals surface area contributed by atoms with E-state index in [1.54, 1.807) is 6.20 Å². The van der Waals surface area contributed by atoms with Crippen molar-refractivity contribution in [1.82, 2.24) is 25.1 Å². The Morgan fingerprint density at radius 1 is 1.00 bits per heavy atom.